The molecule has 2 aromatic rings. The highest BCUT2D eigenvalue weighted by molar-refractivity contribution is 14.0. The number of ether oxygens (including phenoxy) is 2. The molecule has 0 saturated heterocycles. The number of nitrogens with one attached hydrogen (secondary N) is 2. The third-order valence-electron chi connectivity index (χ3n) is 3.92. The summed E-state index contributed by atoms with van der Waals surface area (Å²) < 4.78 is 24.9. The number of aryl methyl sites for hydroxylation is 1. The Balaban J connectivity index is 0.00000420. The lowest BCUT2D eigenvalue weighted by atomic mass is 10.1. The van der Waals surface area contributed by atoms with Crippen LogP contribution in [0.25, 0.3) is 0 Å². The van der Waals surface area contributed by atoms with Crippen LogP contribution in [0.2, 0.25) is 0 Å². The number of hydrogen-bond acceptors (Lipinski definition) is 4. The molecule has 2 rings (SSSR count). The second-order valence-corrected chi connectivity index (χ2v) is 6.14. The smallest absolute Gasteiger partial charge is 0.191 e. The molecule has 160 valence electrons. The number of pyridine rings is 1. The fourth-order valence-electron chi connectivity index (χ4n) is 2.50. The Bertz CT molecular complexity index is 774. The number of aliphatic imine (C=N–C) groups is 1. The Morgan fingerprint density at radius 1 is 1.17 bits per heavy atom. The van der Waals surface area contributed by atoms with Crippen LogP contribution in [0.3, 0.4) is 0 Å². The van der Waals surface area contributed by atoms with E-state index in [1.165, 1.54) is 6.07 Å². The van der Waals surface area contributed by atoms with E-state index < -0.39 is 0 Å². The highest BCUT2D eigenvalue weighted by Gasteiger charge is 2.07. The van der Waals surface area contributed by atoms with Crippen molar-refractivity contribution < 1.29 is 13.9 Å². The molecule has 29 heavy (non-hydrogen) atoms. The minimum absolute atomic E-state index is 0. The minimum Gasteiger partial charge on any atom is -0.491 e. The predicted octanol–water partition coefficient (Wildman–Crippen LogP) is 3.82. The molecule has 0 aliphatic carbocycles. The summed E-state index contributed by atoms with van der Waals surface area (Å²) in [6, 6.07) is 9.01. The molecule has 0 spiro atoms. The number of guanidine groups is 1. The van der Waals surface area contributed by atoms with Gasteiger partial charge >= 0.3 is 0 Å². The van der Waals surface area contributed by atoms with Crippen LogP contribution in [0.5, 0.6) is 5.75 Å². The molecule has 0 aliphatic heterocycles. The zero-order chi connectivity index (χ0) is 20.2. The molecule has 0 amide bonds. The van der Waals surface area contributed by atoms with Crippen molar-refractivity contribution in [2.75, 3.05) is 26.4 Å². The molecule has 8 heteroatoms. The molecular formula is C21H30FIN4O2. The van der Waals surface area contributed by atoms with Gasteiger partial charge in [0.2, 0.25) is 0 Å². The zero-order valence-corrected chi connectivity index (χ0v) is 19.5. The van der Waals surface area contributed by atoms with Crippen LogP contribution >= 0.6 is 24.0 Å². The monoisotopic (exact) mass is 516 g/mol. The summed E-state index contributed by atoms with van der Waals surface area (Å²) in [5.74, 6) is 1.05. The number of nitrogens with zero attached hydrogens (tertiary/aromatic N) is 2. The van der Waals surface area contributed by atoms with E-state index >= 15 is 0 Å². The number of aromatic nitrogens is 1. The maximum atomic E-state index is 13.8. The molecule has 1 aromatic heterocycles. The number of hydrogen-bond donors (Lipinski definition) is 2. The van der Waals surface area contributed by atoms with E-state index in [2.05, 4.69) is 20.6 Å². The summed E-state index contributed by atoms with van der Waals surface area (Å²) in [7, 11) is 0. The second-order valence-electron chi connectivity index (χ2n) is 6.14. The van der Waals surface area contributed by atoms with Crippen molar-refractivity contribution in [1.82, 2.24) is 15.6 Å². The molecule has 0 atom stereocenters. The summed E-state index contributed by atoms with van der Waals surface area (Å²) in [5.41, 5.74) is 2.45. The average molecular weight is 516 g/mol. The third-order valence-corrected chi connectivity index (χ3v) is 3.92. The molecule has 0 saturated carbocycles. The SMILES string of the molecule is CCNC(=NCc1ccc(C)cc1OCCOCC)NCc1ncccc1F.I. The Morgan fingerprint density at radius 3 is 2.72 bits per heavy atom. The summed E-state index contributed by atoms with van der Waals surface area (Å²) in [4.78, 5) is 8.65. The molecule has 0 aliphatic rings. The van der Waals surface area contributed by atoms with Crippen molar-refractivity contribution in [3.8, 4) is 5.75 Å². The maximum absolute atomic E-state index is 13.8. The van der Waals surface area contributed by atoms with Gasteiger partial charge in [-0.1, -0.05) is 12.1 Å². The fraction of sp³-hybridized carbons (Fsp3) is 0.429. The van der Waals surface area contributed by atoms with E-state index in [1.54, 1.807) is 12.3 Å². The second kappa shape index (κ2) is 14.1. The Morgan fingerprint density at radius 2 is 2.00 bits per heavy atom. The molecule has 6 nitrogen and oxygen atoms in total. The third kappa shape index (κ3) is 8.95. The minimum atomic E-state index is -0.339. The van der Waals surface area contributed by atoms with Gasteiger partial charge in [-0.25, -0.2) is 9.38 Å². The van der Waals surface area contributed by atoms with Crippen LogP contribution in [0, 0.1) is 12.7 Å². The first-order valence-electron chi connectivity index (χ1n) is 9.55. The van der Waals surface area contributed by atoms with Gasteiger partial charge in [0.25, 0.3) is 0 Å². The van der Waals surface area contributed by atoms with Gasteiger partial charge in [-0.2, -0.15) is 0 Å². The van der Waals surface area contributed by atoms with Gasteiger partial charge in [0.15, 0.2) is 5.96 Å². The van der Waals surface area contributed by atoms with E-state index in [4.69, 9.17) is 9.47 Å². The Hall–Kier alpha value is -1.94. The van der Waals surface area contributed by atoms with Crippen LogP contribution < -0.4 is 15.4 Å². The molecule has 1 heterocycles. The average Bonchev–Trinajstić information content (AvgIpc) is 2.69. The largest absolute Gasteiger partial charge is 0.491 e. The van der Waals surface area contributed by atoms with Gasteiger partial charge in [-0.15, -0.1) is 24.0 Å². The van der Waals surface area contributed by atoms with Crippen LogP contribution in [0.4, 0.5) is 4.39 Å². The first kappa shape index (κ1) is 25.1. The topological polar surface area (TPSA) is 67.8 Å². The zero-order valence-electron chi connectivity index (χ0n) is 17.2. The van der Waals surface area contributed by atoms with E-state index in [0.717, 1.165) is 16.9 Å². The molecule has 2 N–H and O–H groups in total. The van der Waals surface area contributed by atoms with Crippen LogP contribution in [0.1, 0.15) is 30.7 Å². The Kier molecular flexibility index (Phi) is 12.2. The van der Waals surface area contributed by atoms with Gasteiger partial charge in [-0.05, 0) is 44.5 Å². The standard InChI is InChI=1S/C21H29FN4O2.HI/c1-4-23-21(26-15-19-18(22)7-6-10-24-19)25-14-17-9-8-16(3)13-20(17)28-12-11-27-5-2;/h6-10,13H,4-5,11-12,14-15H2,1-3H3,(H2,23,25,26);1H. The predicted molar refractivity (Wildman–Crippen MR) is 124 cm³/mol. The summed E-state index contributed by atoms with van der Waals surface area (Å²) >= 11 is 0. The van der Waals surface area contributed by atoms with E-state index in [9.17, 15) is 4.39 Å². The number of halogens is 2. The number of benzene rings is 1. The molecular weight excluding hydrogens is 486 g/mol. The van der Waals surface area contributed by atoms with E-state index in [1.807, 2.05) is 39.0 Å². The lowest BCUT2D eigenvalue weighted by molar-refractivity contribution is 0.110. The molecule has 0 bridgehead atoms. The lowest BCUT2D eigenvalue weighted by Gasteiger charge is -2.14. The molecule has 1 aromatic carbocycles. The van der Waals surface area contributed by atoms with Crippen LogP contribution in [-0.2, 0) is 17.8 Å². The quantitative estimate of drug-likeness (QED) is 0.218. The van der Waals surface area contributed by atoms with Gasteiger partial charge in [0.05, 0.1) is 25.4 Å². The van der Waals surface area contributed by atoms with Gasteiger partial charge in [0.1, 0.15) is 18.2 Å². The van der Waals surface area contributed by atoms with Crippen molar-refractivity contribution >= 4 is 29.9 Å². The highest BCUT2D eigenvalue weighted by atomic mass is 127. The van der Waals surface area contributed by atoms with Crippen LogP contribution in [-0.4, -0.2) is 37.3 Å². The summed E-state index contributed by atoms with van der Waals surface area (Å²) in [6.07, 6.45) is 1.57. The van der Waals surface area contributed by atoms with Crippen molar-refractivity contribution in [3.63, 3.8) is 0 Å². The summed E-state index contributed by atoms with van der Waals surface area (Å²) in [5, 5.41) is 6.28. The van der Waals surface area contributed by atoms with Gasteiger partial charge < -0.3 is 20.1 Å². The maximum Gasteiger partial charge on any atom is 0.191 e. The molecule has 0 radical (unpaired) electrons. The van der Waals surface area contributed by atoms with Crippen molar-refractivity contribution in [2.45, 2.75) is 33.9 Å². The number of rotatable bonds is 10. The van der Waals surface area contributed by atoms with Gasteiger partial charge in [0, 0.05) is 24.9 Å². The fourth-order valence-corrected chi connectivity index (χ4v) is 2.50. The highest BCUT2D eigenvalue weighted by Crippen LogP contribution is 2.21. The van der Waals surface area contributed by atoms with Gasteiger partial charge in [-0.3, -0.25) is 4.98 Å². The van der Waals surface area contributed by atoms with Crippen molar-refractivity contribution in [3.05, 3.63) is 59.2 Å². The van der Waals surface area contributed by atoms with Crippen molar-refractivity contribution in [1.29, 1.82) is 0 Å². The first-order valence-corrected chi connectivity index (χ1v) is 9.55. The molecule has 0 unspecified atom stereocenters. The lowest BCUT2D eigenvalue weighted by Crippen LogP contribution is -2.37. The van der Waals surface area contributed by atoms with E-state index in [-0.39, 0.29) is 36.3 Å². The van der Waals surface area contributed by atoms with E-state index in [0.29, 0.717) is 44.6 Å². The van der Waals surface area contributed by atoms with Crippen molar-refractivity contribution in [2.24, 2.45) is 4.99 Å². The Labute approximate surface area is 189 Å². The first-order chi connectivity index (χ1) is 13.6. The van der Waals surface area contributed by atoms with Crippen LogP contribution in [0.15, 0.2) is 41.5 Å². The summed E-state index contributed by atoms with van der Waals surface area (Å²) in [6.45, 7) is 9.05. The normalized spacial score (nSPS) is 11.0. The molecule has 0 fully saturated rings.